The fourth-order valence-corrected chi connectivity index (χ4v) is 1.78. The number of nitrogens with one attached hydrogen (secondary N) is 1. The second-order valence-electron chi connectivity index (χ2n) is 3.69. The standard InChI is InChI=1S/C13H11NO3/c1-2-11(15)12(13(16)17)10-7-8-5-3-4-6-9(8)14-10/h2-7,12,14H,1H2,(H,16,17). The summed E-state index contributed by atoms with van der Waals surface area (Å²) in [5.41, 5.74) is 1.19. The Morgan fingerprint density at radius 2 is 2.06 bits per heavy atom. The van der Waals surface area contributed by atoms with Crippen LogP contribution in [0.5, 0.6) is 0 Å². The molecule has 2 N–H and O–H groups in total. The van der Waals surface area contributed by atoms with Crippen LogP contribution < -0.4 is 0 Å². The lowest BCUT2D eigenvalue weighted by atomic mass is 10.0. The molecule has 0 bridgehead atoms. The van der Waals surface area contributed by atoms with Crippen LogP contribution in [0.2, 0.25) is 0 Å². The van der Waals surface area contributed by atoms with Crippen LogP contribution in [0.4, 0.5) is 0 Å². The number of allylic oxidation sites excluding steroid dienone is 1. The van der Waals surface area contributed by atoms with Crippen LogP contribution in [0.25, 0.3) is 10.9 Å². The summed E-state index contributed by atoms with van der Waals surface area (Å²) in [6.45, 7) is 3.32. The molecule has 0 amide bonds. The Labute approximate surface area is 97.6 Å². The van der Waals surface area contributed by atoms with Gasteiger partial charge in [0, 0.05) is 11.2 Å². The van der Waals surface area contributed by atoms with E-state index in [0.717, 1.165) is 17.0 Å². The summed E-state index contributed by atoms with van der Waals surface area (Å²) in [7, 11) is 0. The lowest BCUT2D eigenvalue weighted by molar-refractivity contribution is -0.141. The lowest BCUT2D eigenvalue weighted by Gasteiger charge is -2.05. The van der Waals surface area contributed by atoms with Crippen molar-refractivity contribution in [2.45, 2.75) is 5.92 Å². The molecule has 0 radical (unpaired) electrons. The van der Waals surface area contributed by atoms with E-state index >= 15 is 0 Å². The predicted molar refractivity (Wildman–Crippen MR) is 63.9 cm³/mol. The first-order chi connectivity index (χ1) is 8.13. The van der Waals surface area contributed by atoms with Gasteiger partial charge < -0.3 is 10.1 Å². The molecule has 0 spiro atoms. The number of hydrogen-bond acceptors (Lipinski definition) is 2. The molecular formula is C13H11NO3. The maximum absolute atomic E-state index is 11.5. The molecule has 1 atom stereocenters. The van der Waals surface area contributed by atoms with E-state index in [0.29, 0.717) is 5.69 Å². The smallest absolute Gasteiger partial charge is 0.320 e. The summed E-state index contributed by atoms with van der Waals surface area (Å²) < 4.78 is 0. The van der Waals surface area contributed by atoms with Crippen LogP contribution in [0, 0.1) is 0 Å². The third kappa shape index (κ3) is 1.97. The van der Waals surface area contributed by atoms with E-state index in [9.17, 15) is 9.59 Å². The summed E-state index contributed by atoms with van der Waals surface area (Å²) >= 11 is 0. The molecule has 0 fully saturated rings. The van der Waals surface area contributed by atoms with Crippen LogP contribution in [-0.4, -0.2) is 21.8 Å². The molecule has 1 heterocycles. The number of aliphatic carboxylic acids is 1. The topological polar surface area (TPSA) is 70.2 Å². The molecule has 2 rings (SSSR count). The molecule has 86 valence electrons. The normalized spacial score (nSPS) is 12.2. The Hall–Kier alpha value is -2.36. The average molecular weight is 229 g/mol. The molecule has 4 nitrogen and oxygen atoms in total. The number of carboxylic acids is 1. The number of ketones is 1. The van der Waals surface area contributed by atoms with Crippen LogP contribution >= 0.6 is 0 Å². The third-order valence-electron chi connectivity index (χ3n) is 2.59. The molecule has 0 aliphatic rings. The van der Waals surface area contributed by atoms with Gasteiger partial charge >= 0.3 is 5.97 Å². The fourth-order valence-electron chi connectivity index (χ4n) is 1.78. The Kier molecular flexibility index (Phi) is 2.78. The number of aromatic amines is 1. The summed E-state index contributed by atoms with van der Waals surface area (Å²) in [5.74, 6) is -2.91. The van der Waals surface area contributed by atoms with Crippen LogP contribution in [0.1, 0.15) is 11.6 Å². The molecule has 0 aliphatic heterocycles. The van der Waals surface area contributed by atoms with E-state index in [1.807, 2.05) is 24.3 Å². The quantitative estimate of drug-likeness (QED) is 0.623. The highest BCUT2D eigenvalue weighted by Gasteiger charge is 2.27. The van der Waals surface area contributed by atoms with E-state index < -0.39 is 17.7 Å². The molecule has 0 saturated carbocycles. The maximum atomic E-state index is 11.5. The number of para-hydroxylation sites is 1. The summed E-state index contributed by atoms with van der Waals surface area (Å²) in [4.78, 5) is 25.5. The predicted octanol–water partition coefficient (Wildman–Crippen LogP) is 2.09. The van der Waals surface area contributed by atoms with Crippen molar-refractivity contribution < 1.29 is 14.7 Å². The number of H-pyrrole nitrogens is 1. The van der Waals surface area contributed by atoms with Gasteiger partial charge in [0.15, 0.2) is 11.7 Å². The lowest BCUT2D eigenvalue weighted by Crippen LogP contribution is -2.20. The largest absolute Gasteiger partial charge is 0.480 e. The average Bonchev–Trinajstić information content (AvgIpc) is 2.71. The molecule has 0 aliphatic carbocycles. The van der Waals surface area contributed by atoms with Crippen molar-refractivity contribution in [2.24, 2.45) is 0 Å². The maximum Gasteiger partial charge on any atom is 0.320 e. The second kappa shape index (κ2) is 4.25. The van der Waals surface area contributed by atoms with Gasteiger partial charge in [-0.3, -0.25) is 9.59 Å². The van der Waals surface area contributed by atoms with Crippen molar-refractivity contribution in [3.8, 4) is 0 Å². The number of hydrogen-bond donors (Lipinski definition) is 2. The highest BCUT2D eigenvalue weighted by Crippen LogP contribution is 2.22. The number of carbonyl (C=O) groups excluding carboxylic acids is 1. The van der Waals surface area contributed by atoms with Crippen molar-refractivity contribution in [3.05, 3.63) is 48.7 Å². The molecule has 0 saturated heterocycles. The zero-order chi connectivity index (χ0) is 12.4. The van der Waals surface area contributed by atoms with Gasteiger partial charge in [0.05, 0.1) is 0 Å². The van der Waals surface area contributed by atoms with Crippen LogP contribution in [-0.2, 0) is 9.59 Å². The Morgan fingerprint density at radius 1 is 1.35 bits per heavy atom. The van der Waals surface area contributed by atoms with E-state index in [1.165, 1.54) is 0 Å². The first kappa shape index (κ1) is 11.1. The first-order valence-corrected chi connectivity index (χ1v) is 5.10. The van der Waals surface area contributed by atoms with Gasteiger partial charge in [0.25, 0.3) is 0 Å². The van der Waals surface area contributed by atoms with Crippen LogP contribution in [0.15, 0.2) is 43.0 Å². The van der Waals surface area contributed by atoms with E-state index in [2.05, 4.69) is 11.6 Å². The van der Waals surface area contributed by atoms with Crippen LogP contribution in [0.3, 0.4) is 0 Å². The minimum absolute atomic E-state index is 0.378. The molecular weight excluding hydrogens is 218 g/mol. The van der Waals surface area contributed by atoms with Gasteiger partial charge in [-0.15, -0.1) is 0 Å². The molecule has 17 heavy (non-hydrogen) atoms. The molecule has 1 aromatic carbocycles. The Balaban J connectivity index is 2.52. The van der Waals surface area contributed by atoms with E-state index in [-0.39, 0.29) is 0 Å². The van der Waals surface area contributed by atoms with Crippen molar-refractivity contribution >= 4 is 22.7 Å². The summed E-state index contributed by atoms with van der Waals surface area (Å²) in [6, 6.07) is 9.05. The SMILES string of the molecule is C=CC(=O)C(C(=O)O)c1cc2ccccc2[nH]1. The van der Waals surface area contributed by atoms with E-state index in [4.69, 9.17) is 5.11 Å². The number of carboxylic acid groups (broad SMARTS) is 1. The van der Waals surface area contributed by atoms with E-state index in [1.54, 1.807) is 6.07 Å². The summed E-state index contributed by atoms with van der Waals surface area (Å²) in [5, 5.41) is 9.94. The van der Waals surface area contributed by atoms with Gasteiger partial charge in [-0.05, 0) is 23.6 Å². The second-order valence-corrected chi connectivity index (χ2v) is 3.69. The van der Waals surface area contributed by atoms with Gasteiger partial charge in [0.2, 0.25) is 0 Å². The number of rotatable bonds is 4. The highest BCUT2D eigenvalue weighted by atomic mass is 16.4. The van der Waals surface area contributed by atoms with Gasteiger partial charge in [-0.25, -0.2) is 0 Å². The Morgan fingerprint density at radius 3 is 2.65 bits per heavy atom. The summed E-state index contributed by atoms with van der Waals surface area (Å²) in [6.07, 6.45) is 1.03. The molecule has 2 aromatic rings. The number of carbonyl (C=O) groups is 2. The van der Waals surface area contributed by atoms with Crippen molar-refractivity contribution in [3.63, 3.8) is 0 Å². The minimum atomic E-state index is -1.21. The fraction of sp³-hybridized carbons (Fsp3) is 0.0769. The zero-order valence-electron chi connectivity index (χ0n) is 9.01. The van der Waals surface area contributed by atoms with Gasteiger partial charge in [-0.2, -0.15) is 0 Å². The monoisotopic (exact) mass is 229 g/mol. The molecule has 4 heteroatoms. The third-order valence-corrected chi connectivity index (χ3v) is 2.59. The first-order valence-electron chi connectivity index (χ1n) is 5.10. The van der Waals surface area contributed by atoms with Gasteiger partial charge in [-0.1, -0.05) is 24.8 Å². The van der Waals surface area contributed by atoms with Crippen molar-refractivity contribution in [1.29, 1.82) is 0 Å². The number of benzene rings is 1. The molecule has 1 aromatic heterocycles. The zero-order valence-corrected chi connectivity index (χ0v) is 9.01. The number of fused-ring (bicyclic) bond motifs is 1. The number of aromatic nitrogens is 1. The van der Waals surface area contributed by atoms with Crippen molar-refractivity contribution in [1.82, 2.24) is 4.98 Å². The Bertz CT molecular complexity index is 564. The van der Waals surface area contributed by atoms with Gasteiger partial charge in [0.1, 0.15) is 0 Å². The highest BCUT2D eigenvalue weighted by molar-refractivity contribution is 6.09. The minimum Gasteiger partial charge on any atom is -0.480 e. The molecule has 1 unspecified atom stereocenters. The van der Waals surface area contributed by atoms with Crippen molar-refractivity contribution in [2.75, 3.05) is 0 Å².